The highest BCUT2D eigenvalue weighted by Gasteiger charge is 2.23. The van der Waals surface area contributed by atoms with E-state index in [1.165, 1.54) is 12.3 Å². The number of benzene rings is 1. The molecule has 0 spiro atoms. The van der Waals surface area contributed by atoms with E-state index in [1.807, 2.05) is 10.0 Å². The maximum absolute atomic E-state index is 12.4. The van der Waals surface area contributed by atoms with Crippen LogP contribution in [0, 0.1) is 10.1 Å². The lowest BCUT2D eigenvalue weighted by atomic mass is 10.2. The van der Waals surface area contributed by atoms with Gasteiger partial charge in [-0.1, -0.05) is 0 Å². The molecule has 184 valence electrons. The summed E-state index contributed by atoms with van der Waals surface area (Å²) in [4.78, 5) is 44.9. The number of hydrogen-bond donors (Lipinski definition) is 4. The molecular weight excluding hydrogens is 474 g/mol. The average Bonchev–Trinajstić information content (AvgIpc) is 3.27. The molecule has 0 saturated heterocycles. The minimum atomic E-state index is -4.32. The summed E-state index contributed by atoms with van der Waals surface area (Å²) >= 11 is 0. The maximum Gasteiger partial charge on any atom is 0.321 e. The summed E-state index contributed by atoms with van der Waals surface area (Å²) in [6.45, 7) is 1.83. The molecule has 3 amide bonds. The number of nitrogens with zero attached hydrogens (tertiary/aromatic N) is 1. The lowest BCUT2D eigenvalue weighted by Crippen LogP contribution is -2.44. The number of nitrogens with one attached hydrogen (secondary N) is 4. The molecule has 2 rings (SSSR count). The number of carbonyl (C=O) groups excluding carboxylic acids is 3. The van der Waals surface area contributed by atoms with E-state index in [9.17, 15) is 32.9 Å². The number of amides is 3. The first kappa shape index (κ1) is 26.3. The number of sulfonamides is 1. The molecule has 1 heterocycles. The van der Waals surface area contributed by atoms with Gasteiger partial charge in [0.2, 0.25) is 10.0 Å². The molecule has 0 atom stereocenters. The summed E-state index contributed by atoms with van der Waals surface area (Å²) < 4.78 is 36.6. The molecule has 0 fully saturated rings. The van der Waals surface area contributed by atoms with Crippen molar-refractivity contribution in [3.8, 4) is 0 Å². The van der Waals surface area contributed by atoms with Crippen LogP contribution >= 0.6 is 0 Å². The SMILES string of the molecule is CC(C)NC(=O)NC(=O)COC(=O)CNS(=O)(=O)c1ccc(NCc2ccco2)c([N+](=O)[O-])c1. The Morgan fingerprint density at radius 3 is 2.56 bits per heavy atom. The quantitative estimate of drug-likeness (QED) is 0.196. The molecule has 0 radical (unpaired) electrons. The van der Waals surface area contributed by atoms with Crippen LogP contribution in [-0.2, 0) is 30.9 Å². The van der Waals surface area contributed by atoms with Gasteiger partial charge in [0.1, 0.15) is 18.0 Å². The van der Waals surface area contributed by atoms with E-state index in [-0.39, 0.29) is 18.3 Å². The predicted octanol–water partition coefficient (Wildman–Crippen LogP) is 0.856. The largest absolute Gasteiger partial charge is 0.467 e. The van der Waals surface area contributed by atoms with Crippen LogP contribution in [-0.4, -0.2) is 50.4 Å². The van der Waals surface area contributed by atoms with E-state index in [2.05, 4.69) is 15.4 Å². The molecule has 0 unspecified atom stereocenters. The van der Waals surface area contributed by atoms with Crippen LogP contribution in [0.5, 0.6) is 0 Å². The zero-order chi connectivity index (χ0) is 25.3. The fourth-order valence-corrected chi connectivity index (χ4v) is 3.46. The molecule has 34 heavy (non-hydrogen) atoms. The molecular formula is C19H23N5O9S. The lowest BCUT2D eigenvalue weighted by molar-refractivity contribution is -0.384. The van der Waals surface area contributed by atoms with Crippen molar-refractivity contribution in [2.45, 2.75) is 31.3 Å². The van der Waals surface area contributed by atoms with Crippen molar-refractivity contribution in [1.82, 2.24) is 15.4 Å². The van der Waals surface area contributed by atoms with E-state index in [1.54, 1.807) is 26.0 Å². The van der Waals surface area contributed by atoms with Gasteiger partial charge >= 0.3 is 12.0 Å². The van der Waals surface area contributed by atoms with Gasteiger partial charge in [0.15, 0.2) is 6.61 Å². The molecule has 1 aromatic heterocycles. The van der Waals surface area contributed by atoms with Gasteiger partial charge in [-0.3, -0.25) is 25.0 Å². The minimum absolute atomic E-state index is 0.0623. The van der Waals surface area contributed by atoms with E-state index >= 15 is 0 Å². The Kier molecular flexibility index (Phi) is 9.09. The highest BCUT2D eigenvalue weighted by atomic mass is 32.2. The number of imide groups is 1. The molecule has 0 aliphatic heterocycles. The second kappa shape index (κ2) is 11.8. The first-order valence-electron chi connectivity index (χ1n) is 9.78. The Morgan fingerprint density at radius 1 is 1.21 bits per heavy atom. The number of carbonyl (C=O) groups is 3. The Morgan fingerprint density at radius 2 is 1.94 bits per heavy atom. The zero-order valence-electron chi connectivity index (χ0n) is 18.2. The molecule has 0 saturated carbocycles. The van der Waals surface area contributed by atoms with Crippen molar-refractivity contribution in [3.63, 3.8) is 0 Å². The van der Waals surface area contributed by atoms with E-state index < -0.39 is 56.6 Å². The van der Waals surface area contributed by atoms with E-state index in [4.69, 9.17) is 4.42 Å². The standard InChI is InChI=1S/C19H23N5O9S/c1-12(2)22-19(27)23-17(25)11-33-18(26)10-21-34(30,31)14-5-6-15(16(8-14)24(28)29)20-9-13-4-3-7-32-13/h3-8,12,20-21H,9-11H2,1-2H3,(H2,22,23,25,27). The summed E-state index contributed by atoms with van der Waals surface area (Å²) in [7, 11) is -4.32. The third-order valence-corrected chi connectivity index (χ3v) is 5.35. The number of nitro groups is 1. The first-order chi connectivity index (χ1) is 16.0. The molecule has 0 aliphatic rings. The predicted molar refractivity (Wildman–Crippen MR) is 117 cm³/mol. The molecule has 14 nitrogen and oxygen atoms in total. The highest BCUT2D eigenvalue weighted by Crippen LogP contribution is 2.28. The molecule has 0 aliphatic carbocycles. The summed E-state index contributed by atoms with van der Waals surface area (Å²) in [5.41, 5.74) is -0.444. The lowest BCUT2D eigenvalue weighted by Gasteiger charge is -2.10. The number of furan rings is 1. The van der Waals surface area contributed by atoms with Crippen LogP contribution in [0.25, 0.3) is 0 Å². The zero-order valence-corrected chi connectivity index (χ0v) is 19.0. The van der Waals surface area contributed by atoms with Gasteiger partial charge < -0.3 is 19.8 Å². The van der Waals surface area contributed by atoms with Crippen LogP contribution < -0.4 is 20.7 Å². The number of urea groups is 1. The highest BCUT2D eigenvalue weighted by molar-refractivity contribution is 7.89. The summed E-state index contributed by atoms with van der Waals surface area (Å²) in [6.07, 6.45) is 1.44. The van der Waals surface area contributed by atoms with Gasteiger partial charge in [0.25, 0.3) is 11.6 Å². The fourth-order valence-electron chi connectivity index (χ4n) is 2.47. The molecule has 15 heteroatoms. The third-order valence-electron chi connectivity index (χ3n) is 3.95. The second-order valence-corrected chi connectivity index (χ2v) is 8.80. The molecule has 2 aromatic rings. The van der Waals surface area contributed by atoms with Gasteiger partial charge in [-0.25, -0.2) is 13.2 Å². The minimum Gasteiger partial charge on any atom is -0.467 e. The fraction of sp³-hybridized carbons (Fsp3) is 0.316. The first-order valence-corrected chi connectivity index (χ1v) is 11.3. The van der Waals surface area contributed by atoms with Gasteiger partial charge in [0.05, 0.1) is 22.6 Å². The molecule has 0 bridgehead atoms. The van der Waals surface area contributed by atoms with E-state index in [0.717, 1.165) is 12.1 Å². The van der Waals surface area contributed by atoms with Gasteiger partial charge in [-0.2, -0.15) is 4.72 Å². The molecule has 4 N–H and O–H groups in total. The number of hydrogen-bond acceptors (Lipinski definition) is 10. The topological polar surface area (TPSA) is 199 Å². The van der Waals surface area contributed by atoms with Crippen LogP contribution in [0.4, 0.5) is 16.2 Å². The normalized spacial score (nSPS) is 11.0. The second-order valence-electron chi connectivity index (χ2n) is 7.03. The smallest absolute Gasteiger partial charge is 0.321 e. The van der Waals surface area contributed by atoms with Crippen LogP contribution in [0.15, 0.2) is 45.9 Å². The molecule has 1 aromatic carbocycles. The number of ether oxygens (including phenoxy) is 1. The Labute approximate surface area is 194 Å². The summed E-state index contributed by atoms with van der Waals surface area (Å²) in [6, 6.07) is 5.46. The van der Waals surface area contributed by atoms with Crippen molar-refractivity contribution in [1.29, 1.82) is 0 Å². The van der Waals surface area contributed by atoms with Crippen molar-refractivity contribution in [2.75, 3.05) is 18.5 Å². The van der Waals surface area contributed by atoms with Crippen molar-refractivity contribution < 1.29 is 36.9 Å². The monoisotopic (exact) mass is 497 g/mol. The van der Waals surface area contributed by atoms with Crippen LogP contribution in [0.2, 0.25) is 0 Å². The summed E-state index contributed by atoms with van der Waals surface area (Å²) in [5, 5.41) is 18.5. The number of anilines is 1. The average molecular weight is 497 g/mol. The number of rotatable bonds is 11. The van der Waals surface area contributed by atoms with Crippen LogP contribution in [0.1, 0.15) is 19.6 Å². The van der Waals surface area contributed by atoms with Gasteiger partial charge in [-0.15, -0.1) is 0 Å². The van der Waals surface area contributed by atoms with Crippen molar-refractivity contribution in [3.05, 3.63) is 52.5 Å². The van der Waals surface area contributed by atoms with Crippen molar-refractivity contribution >= 4 is 39.3 Å². The Bertz CT molecular complexity index is 1150. The number of esters is 1. The van der Waals surface area contributed by atoms with Gasteiger partial charge in [0, 0.05) is 12.1 Å². The van der Waals surface area contributed by atoms with E-state index in [0.29, 0.717) is 5.76 Å². The van der Waals surface area contributed by atoms with Gasteiger partial charge in [-0.05, 0) is 38.1 Å². The Balaban J connectivity index is 1.94. The summed E-state index contributed by atoms with van der Waals surface area (Å²) in [5.74, 6) is -1.50. The maximum atomic E-state index is 12.4. The van der Waals surface area contributed by atoms with Crippen molar-refractivity contribution in [2.24, 2.45) is 0 Å². The Hall–Kier alpha value is -3.98. The number of nitro benzene ring substituents is 1. The third kappa shape index (κ3) is 8.18. The van der Waals surface area contributed by atoms with Crippen LogP contribution in [0.3, 0.4) is 0 Å².